The van der Waals surface area contributed by atoms with Crippen molar-refractivity contribution >= 4 is 46.0 Å². The first kappa shape index (κ1) is 18.2. The van der Waals surface area contributed by atoms with E-state index < -0.39 is 0 Å². The van der Waals surface area contributed by atoms with Gasteiger partial charge in [-0.2, -0.15) is 5.26 Å². The number of hydrogen-bond donors (Lipinski definition) is 0. The molecule has 0 radical (unpaired) electrons. The molecule has 4 rings (SSSR count). The van der Waals surface area contributed by atoms with Gasteiger partial charge in [0, 0.05) is 11.6 Å². The van der Waals surface area contributed by atoms with E-state index in [1.54, 1.807) is 24.3 Å². The number of aryl methyl sites for hydroxylation is 1. The highest BCUT2D eigenvalue weighted by molar-refractivity contribution is 8.27. The van der Waals surface area contributed by atoms with Crippen molar-refractivity contribution < 1.29 is 9.21 Å². The van der Waals surface area contributed by atoms with E-state index in [0.29, 0.717) is 26.3 Å². The Morgan fingerprint density at radius 1 is 1.11 bits per heavy atom. The van der Waals surface area contributed by atoms with Crippen molar-refractivity contribution in [3.63, 3.8) is 0 Å². The highest BCUT2D eigenvalue weighted by atomic mass is 32.2. The first-order chi connectivity index (χ1) is 13.6. The summed E-state index contributed by atoms with van der Waals surface area (Å²) in [6.07, 6.45) is 1.69. The number of thioether (sulfide) groups is 1. The van der Waals surface area contributed by atoms with Gasteiger partial charge >= 0.3 is 0 Å². The van der Waals surface area contributed by atoms with Gasteiger partial charge in [0.15, 0.2) is 4.32 Å². The summed E-state index contributed by atoms with van der Waals surface area (Å²) in [5.74, 6) is 0.943. The van der Waals surface area contributed by atoms with Crippen molar-refractivity contribution in [3.05, 3.63) is 82.5 Å². The third-order valence-corrected chi connectivity index (χ3v) is 5.60. The first-order valence-corrected chi connectivity index (χ1v) is 9.73. The summed E-state index contributed by atoms with van der Waals surface area (Å²) in [4.78, 5) is 14.9. The van der Waals surface area contributed by atoms with Gasteiger partial charge in [-0.25, -0.2) is 0 Å². The van der Waals surface area contributed by atoms with Crippen LogP contribution in [0.1, 0.15) is 16.9 Å². The van der Waals surface area contributed by atoms with Crippen LogP contribution >= 0.6 is 24.0 Å². The van der Waals surface area contributed by atoms with Crippen LogP contribution in [0.25, 0.3) is 17.4 Å². The van der Waals surface area contributed by atoms with Crippen molar-refractivity contribution in [2.45, 2.75) is 6.92 Å². The number of hydrogen-bond acceptors (Lipinski definition) is 5. The summed E-state index contributed by atoms with van der Waals surface area (Å²) in [7, 11) is 0. The predicted octanol–water partition coefficient (Wildman–Crippen LogP) is 5.53. The molecule has 0 unspecified atom stereocenters. The summed E-state index contributed by atoms with van der Waals surface area (Å²) < 4.78 is 6.35. The predicted molar refractivity (Wildman–Crippen MR) is 116 cm³/mol. The van der Waals surface area contributed by atoms with Crippen LogP contribution in [0.15, 0.2) is 70.0 Å². The van der Waals surface area contributed by atoms with E-state index in [2.05, 4.69) is 6.07 Å². The number of carbonyl (C=O) groups excluding carboxylic acids is 1. The minimum atomic E-state index is -0.172. The monoisotopic (exact) mass is 402 g/mol. The van der Waals surface area contributed by atoms with E-state index in [4.69, 9.17) is 16.6 Å². The lowest BCUT2D eigenvalue weighted by atomic mass is 10.1. The molecule has 3 aromatic rings. The number of anilines is 1. The number of amides is 1. The van der Waals surface area contributed by atoms with Gasteiger partial charge in [0.1, 0.15) is 11.5 Å². The topological polar surface area (TPSA) is 57.2 Å². The Hall–Kier alpha value is -3.14. The van der Waals surface area contributed by atoms with E-state index in [-0.39, 0.29) is 5.91 Å². The van der Waals surface area contributed by atoms with Gasteiger partial charge < -0.3 is 4.42 Å². The third-order valence-electron chi connectivity index (χ3n) is 4.30. The standard InChI is InChI=1S/C22H14N2O2S2/c1-14-6-8-16(9-7-14)24-21(25)20(28-22(24)27)12-17-10-11-19(26-17)18-5-3-2-4-15(18)13-23/h2-12H,1H3/b20-12-. The van der Waals surface area contributed by atoms with Crippen LogP contribution in [-0.2, 0) is 4.79 Å². The number of thiocarbonyl (C=S) groups is 1. The molecule has 136 valence electrons. The molecule has 0 bridgehead atoms. The molecule has 1 fully saturated rings. The van der Waals surface area contributed by atoms with Crippen molar-refractivity contribution in [2.24, 2.45) is 0 Å². The lowest BCUT2D eigenvalue weighted by molar-refractivity contribution is -0.113. The second-order valence-corrected chi connectivity index (χ2v) is 7.89. The van der Waals surface area contributed by atoms with Gasteiger partial charge in [0.2, 0.25) is 0 Å². The quantitative estimate of drug-likeness (QED) is 0.426. The van der Waals surface area contributed by atoms with Gasteiger partial charge in [0.05, 0.1) is 22.2 Å². The fourth-order valence-corrected chi connectivity index (χ4v) is 4.16. The van der Waals surface area contributed by atoms with Crippen molar-refractivity contribution in [2.75, 3.05) is 4.90 Å². The molecule has 1 amide bonds. The summed E-state index contributed by atoms with van der Waals surface area (Å²) in [5, 5.41) is 9.26. The van der Waals surface area contributed by atoms with Crippen LogP contribution in [0.5, 0.6) is 0 Å². The maximum absolute atomic E-state index is 12.8. The number of furan rings is 1. The normalized spacial score (nSPS) is 15.3. The first-order valence-electron chi connectivity index (χ1n) is 8.51. The van der Waals surface area contributed by atoms with Crippen LogP contribution in [0, 0.1) is 18.3 Å². The zero-order valence-electron chi connectivity index (χ0n) is 14.9. The molecule has 0 N–H and O–H groups in total. The molecule has 0 aliphatic carbocycles. The Kier molecular flexibility index (Phi) is 4.86. The van der Waals surface area contributed by atoms with Crippen molar-refractivity contribution in [3.8, 4) is 17.4 Å². The lowest BCUT2D eigenvalue weighted by Crippen LogP contribution is -2.27. The Morgan fingerprint density at radius 3 is 2.61 bits per heavy atom. The average molecular weight is 403 g/mol. The number of rotatable bonds is 3. The van der Waals surface area contributed by atoms with E-state index in [1.807, 2.05) is 49.4 Å². The SMILES string of the molecule is Cc1ccc(N2C(=O)/C(=C/c3ccc(-c4ccccc4C#N)o3)SC2=S)cc1. The zero-order valence-corrected chi connectivity index (χ0v) is 16.5. The number of nitriles is 1. The zero-order chi connectivity index (χ0) is 19.7. The molecule has 4 nitrogen and oxygen atoms in total. The molecule has 2 heterocycles. The van der Waals surface area contributed by atoms with Gasteiger partial charge in [-0.05, 0) is 43.3 Å². The maximum atomic E-state index is 12.8. The molecule has 6 heteroatoms. The van der Waals surface area contributed by atoms with Gasteiger partial charge in [-0.3, -0.25) is 9.69 Å². The molecule has 0 atom stereocenters. The summed E-state index contributed by atoms with van der Waals surface area (Å²) in [5.41, 5.74) is 3.12. The highest BCUT2D eigenvalue weighted by Gasteiger charge is 2.33. The van der Waals surface area contributed by atoms with Crippen LogP contribution < -0.4 is 4.90 Å². The number of nitrogens with zero attached hydrogens (tertiary/aromatic N) is 2. The van der Waals surface area contributed by atoms with E-state index in [0.717, 1.165) is 16.8 Å². The summed E-state index contributed by atoms with van der Waals surface area (Å²) in [6, 6.07) is 20.6. The van der Waals surface area contributed by atoms with Crippen LogP contribution in [0.2, 0.25) is 0 Å². The second kappa shape index (κ2) is 7.47. The van der Waals surface area contributed by atoms with Gasteiger partial charge in [0.25, 0.3) is 5.91 Å². The largest absolute Gasteiger partial charge is 0.457 e. The Morgan fingerprint density at radius 2 is 1.86 bits per heavy atom. The molecule has 2 aromatic carbocycles. The maximum Gasteiger partial charge on any atom is 0.270 e. The fourth-order valence-electron chi connectivity index (χ4n) is 2.88. The molecular weight excluding hydrogens is 388 g/mol. The molecule has 28 heavy (non-hydrogen) atoms. The van der Waals surface area contributed by atoms with E-state index in [9.17, 15) is 10.1 Å². The fraction of sp³-hybridized carbons (Fsp3) is 0.0455. The average Bonchev–Trinajstić information content (AvgIpc) is 3.27. The van der Waals surface area contributed by atoms with Gasteiger partial charge in [-0.1, -0.05) is 53.8 Å². The summed E-state index contributed by atoms with van der Waals surface area (Å²) >= 11 is 6.65. The molecular formula is C22H14N2O2S2. The molecule has 1 aromatic heterocycles. The van der Waals surface area contributed by atoms with Crippen LogP contribution in [0.3, 0.4) is 0 Å². The molecule has 1 aliphatic heterocycles. The summed E-state index contributed by atoms with van der Waals surface area (Å²) in [6.45, 7) is 1.99. The van der Waals surface area contributed by atoms with Gasteiger partial charge in [-0.15, -0.1) is 0 Å². The minimum Gasteiger partial charge on any atom is -0.457 e. The molecule has 0 spiro atoms. The highest BCUT2D eigenvalue weighted by Crippen LogP contribution is 2.36. The second-order valence-electron chi connectivity index (χ2n) is 6.21. The molecule has 1 aliphatic rings. The third kappa shape index (κ3) is 3.38. The number of carbonyl (C=O) groups is 1. The molecule has 0 saturated carbocycles. The molecule has 1 saturated heterocycles. The van der Waals surface area contributed by atoms with E-state index >= 15 is 0 Å². The number of benzene rings is 2. The van der Waals surface area contributed by atoms with Crippen LogP contribution in [-0.4, -0.2) is 10.2 Å². The Labute approximate surface area is 172 Å². The van der Waals surface area contributed by atoms with E-state index in [1.165, 1.54) is 16.7 Å². The lowest BCUT2D eigenvalue weighted by Gasteiger charge is -2.14. The Bertz CT molecular complexity index is 1150. The van der Waals surface area contributed by atoms with Crippen molar-refractivity contribution in [1.82, 2.24) is 0 Å². The Balaban J connectivity index is 1.63. The smallest absolute Gasteiger partial charge is 0.270 e. The minimum absolute atomic E-state index is 0.172. The van der Waals surface area contributed by atoms with Crippen molar-refractivity contribution in [1.29, 1.82) is 5.26 Å². The van der Waals surface area contributed by atoms with Crippen LogP contribution in [0.4, 0.5) is 5.69 Å².